The highest BCUT2D eigenvalue weighted by molar-refractivity contribution is 5.81. The Morgan fingerprint density at radius 3 is 3.04 bits per heavy atom. The SMILES string of the molecule is Cc1cccc2c(=O)n(CC(=O)N3CCO[C@H]4CCCC[C@@H]43)cnc12. The number of amides is 1. The minimum absolute atomic E-state index is 0.0175. The molecule has 25 heavy (non-hydrogen) atoms. The molecule has 0 bridgehead atoms. The van der Waals surface area contributed by atoms with Crippen LogP contribution in [0.4, 0.5) is 0 Å². The van der Waals surface area contributed by atoms with Crippen molar-refractivity contribution in [3.63, 3.8) is 0 Å². The van der Waals surface area contributed by atoms with Crippen LogP contribution in [0.2, 0.25) is 0 Å². The molecule has 1 aromatic carbocycles. The Kier molecular flexibility index (Phi) is 4.29. The molecule has 6 heteroatoms. The second kappa shape index (κ2) is 6.59. The van der Waals surface area contributed by atoms with Crippen molar-refractivity contribution in [1.29, 1.82) is 0 Å². The minimum atomic E-state index is -0.157. The predicted octanol–water partition coefficient (Wildman–Crippen LogP) is 1.87. The highest BCUT2D eigenvalue weighted by Crippen LogP contribution is 2.28. The molecule has 1 aromatic heterocycles. The quantitative estimate of drug-likeness (QED) is 0.836. The van der Waals surface area contributed by atoms with Gasteiger partial charge in [0.15, 0.2) is 0 Å². The smallest absolute Gasteiger partial charge is 0.261 e. The zero-order valence-corrected chi connectivity index (χ0v) is 14.5. The molecule has 2 atom stereocenters. The van der Waals surface area contributed by atoms with Crippen LogP contribution in [0.25, 0.3) is 10.9 Å². The lowest BCUT2D eigenvalue weighted by Gasteiger charge is -2.43. The van der Waals surface area contributed by atoms with Crippen LogP contribution < -0.4 is 5.56 Å². The number of carbonyl (C=O) groups excluding carboxylic acids is 1. The number of aromatic nitrogens is 2. The third-order valence-electron chi connectivity index (χ3n) is 5.41. The summed E-state index contributed by atoms with van der Waals surface area (Å²) in [5.41, 5.74) is 1.51. The van der Waals surface area contributed by atoms with Crippen molar-refractivity contribution in [2.24, 2.45) is 0 Å². The minimum Gasteiger partial charge on any atom is -0.374 e. The highest BCUT2D eigenvalue weighted by atomic mass is 16.5. The average molecular weight is 341 g/mol. The summed E-state index contributed by atoms with van der Waals surface area (Å²) in [5.74, 6) is -0.0175. The van der Waals surface area contributed by atoms with Gasteiger partial charge in [0.1, 0.15) is 6.54 Å². The third-order valence-corrected chi connectivity index (χ3v) is 5.41. The van der Waals surface area contributed by atoms with E-state index in [4.69, 9.17) is 4.74 Å². The molecule has 1 amide bonds. The molecule has 4 rings (SSSR count). The number of carbonyl (C=O) groups is 1. The van der Waals surface area contributed by atoms with E-state index in [0.717, 1.165) is 31.2 Å². The fraction of sp³-hybridized carbons (Fsp3) is 0.526. The third kappa shape index (κ3) is 2.95. The molecule has 2 heterocycles. The van der Waals surface area contributed by atoms with Crippen LogP contribution in [-0.2, 0) is 16.1 Å². The van der Waals surface area contributed by atoms with E-state index in [0.29, 0.717) is 24.1 Å². The van der Waals surface area contributed by atoms with Gasteiger partial charge in [-0.25, -0.2) is 4.98 Å². The number of hydrogen-bond donors (Lipinski definition) is 0. The number of benzene rings is 1. The van der Waals surface area contributed by atoms with Gasteiger partial charge in [-0.2, -0.15) is 0 Å². The number of morpholine rings is 1. The molecular weight excluding hydrogens is 318 g/mol. The first kappa shape index (κ1) is 16.3. The Morgan fingerprint density at radius 2 is 2.16 bits per heavy atom. The van der Waals surface area contributed by atoms with Gasteiger partial charge in [-0.15, -0.1) is 0 Å². The molecule has 2 aromatic rings. The zero-order chi connectivity index (χ0) is 17.4. The van der Waals surface area contributed by atoms with E-state index >= 15 is 0 Å². The maximum Gasteiger partial charge on any atom is 0.261 e. The number of aryl methyl sites for hydroxylation is 1. The number of nitrogens with zero attached hydrogens (tertiary/aromatic N) is 3. The van der Waals surface area contributed by atoms with Crippen molar-refractivity contribution < 1.29 is 9.53 Å². The van der Waals surface area contributed by atoms with Crippen LogP contribution >= 0.6 is 0 Å². The van der Waals surface area contributed by atoms with E-state index in [-0.39, 0.29) is 30.2 Å². The second-order valence-corrected chi connectivity index (χ2v) is 7.00. The summed E-state index contributed by atoms with van der Waals surface area (Å²) in [4.78, 5) is 31.9. The van der Waals surface area contributed by atoms with Gasteiger partial charge in [-0.05, 0) is 31.4 Å². The molecule has 132 valence electrons. The van der Waals surface area contributed by atoms with E-state index in [1.807, 2.05) is 24.0 Å². The molecule has 1 saturated carbocycles. The summed E-state index contributed by atoms with van der Waals surface area (Å²) in [7, 11) is 0. The molecule has 1 aliphatic carbocycles. The summed E-state index contributed by atoms with van der Waals surface area (Å²) < 4.78 is 7.26. The standard InChI is InChI=1S/C19H23N3O3/c1-13-5-4-6-14-18(13)20-12-21(19(14)24)11-17(23)22-9-10-25-16-8-3-2-7-15(16)22/h4-6,12,15-16H,2-3,7-11H2,1H3/t15-,16-/m0/s1. The molecule has 6 nitrogen and oxygen atoms in total. The molecule has 0 spiro atoms. The van der Waals surface area contributed by atoms with E-state index in [1.165, 1.54) is 10.9 Å². The molecule has 2 aliphatic rings. The summed E-state index contributed by atoms with van der Waals surface area (Å²) in [6, 6.07) is 5.70. The first-order valence-electron chi connectivity index (χ1n) is 9.01. The van der Waals surface area contributed by atoms with Crippen LogP contribution in [-0.4, -0.2) is 45.7 Å². The van der Waals surface area contributed by atoms with Crippen LogP contribution in [0, 0.1) is 6.92 Å². The summed E-state index contributed by atoms with van der Waals surface area (Å²) in [6.07, 6.45) is 5.95. The lowest BCUT2D eigenvalue weighted by molar-refractivity contribution is -0.150. The van der Waals surface area contributed by atoms with Crippen molar-refractivity contribution in [3.05, 3.63) is 40.4 Å². The van der Waals surface area contributed by atoms with Gasteiger partial charge in [-0.3, -0.25) is 14.2 Å². The van der Waals surface area contributed by atoms with Gasteiger partial charge in [0.25, 0.3) is 5.56 Å². The number of ether oxygens (including phenoxy) is 1. The maximum absolute atomic E-state index is 12.9. The second-order valence-electron chi connectivity index (χ2n) is 7.00. The van der Waals surface area contributed by atoms with Gasteiger partial charge in [-0.1, -0.05) is 25.0 Å². The van der Waals surface area contributed by atoms with Crippen LogP contribution in [0.15, 0.2) is 29.3 Å². The van der Waals surface area contributed by atoms with Gasteiger partial charge < -0.3 is 9.64 Å². The monoisotopic (exact) mass is 341 g/mol. The zero-order valence-electron chi connectivity index (χ0n) is 14.5. The highest BCUT2D eigenvalue weighted by Gasteiger charge is 2.36. The summed E-state index contributed by atoms with van der Waals surface area (Å²) >= 11 is 0. The molecule has 0 radical (unpaired) electrons. The van der Waals surface area contributed by atoms with Gasteiger partial charge in [0.2, 0.25) is 5.91 Å². The molecular formula is C19H23N3O3. The lowest BCUT2D eigenvalue weighted by atomic mass is 9.90. The molecule has 0 unspecified atom stereocenters. The van der Waals surface area contributed by atoms with Crippen molar-refractivity contribution in [1.82, 2.24) is 14.5 Å². The largest absolute Gasteiger partial charge is 0.374 e. The van der Waals surface area contributed by atoms with Crippen molar-refractivity contribution in [2.45, 2.75) is 51.3 Å². The Morgan fingerprint density at radius 1 is 1.32 bits per heavy atom. The molecule has 2 fully saturated rings. The Labute approximate surface area is 146 Å². The van der Waals surface area contributed by atoms with Gasteiger partial charge >= 0.3 is 0 Å². The maximum atomic E-state index is 12.9. The number of para-hydroxylation sites is 1. The fourth-order valence-electron chi connectivity index (χ4n) is 4.09. The van der Waals surface area contributed by atoms with Crippen molar-refractivity contribution in [2.75, 3.05) is 13.2 Å². The van der Waals surface area contributed by atoms with E-state index in [9.17, 15) is 9.59 Å². The average Bonchev–Trinajstić information content (AvgIpc) is 2.64. The lowest BCUT2D eigenvalue weighted by Crippen LogP contribution is -2.55. The summed E-state index contributed by atoms with van der Waals surface area (Å²) in [5, 5.41) is 0.563. The van der Waals surface area contributed by atoms with Crippen LogP contribution in [0.5, 0.6) is 0 Å². The normalized spacial score (nSPS) is 23.5. The van der Waals surface area contributed by atoms with E-state index < -0.39 is 0 Å². The van der Waals surface area contributed by atoms with E-state index in [1.54, 1.807) is 6.07 Å². The summed E-state index contributed by atoms with van der Waals surface area (Å²) in [6.45, 7) is 3.16. The predicted molar refractivity (Wildman–Crippen MR) is 94.4 cm³/mol. The topological polar surface area (TPSA) is 64.4 Å². The van der Waals surface area contributed by atoms with E-state index in [2.05, 4.69) is 4.98 Å². The molecule has 0 N–H and O–H groups in total. The first-order chi connectivity index (χ1) is 12.1. The fourth-order valence-corrected chi connectivity index (χ4v) is 4.09. The van der Waals surface area contributed by atoms with Crippen LogP contribution in [0.3, 0.4) is 0 Å². The number of hydrogen-bond acceptors (Lipinski definition) is 4. The molecule has 1 aliphatic heterocycles. The Bertz CT molecular complexity index is 859. The number of fused-ring (bicyclic) bond motifs is 2. The van der Waals surface area contributed by atoms with Crippen LogP contribution in [0.1, 0.15) is 31.2 Å². The number of rotatable bonds is 2. The van der Waals surface area contributed by atoms with Gasteiger partial charge in [0, 0.05) is 6.54 Å². The first-order valence-corrected chi connectivity index (χ1v) is 9.01. The molecule has 1 saturated heterocycles. The van der Waals surface area contributed by atoms with Crippen molar-refractivity contribution in [3.8, 4) is 0 Å². The van der Waals surface area contributed by atoms with Crippen molar-refractivity contribution >= 4 is 16.8 Å². The Balaban J connectivity index is 1.59. The van der Waals surface area contributed by atoms with Gasteiger partial charge in [0.05, 0.1) is 36.0 Å². The Hall–Kier alpha value is -2.21.